The normalized spacial score (nSPS) is 15.6. The zero-order valence-electron chi connectivity index (χ0n) is 13.8. The van der Waals surface area contributed by atoms with Crippen molar-refractivity contribution >= 4 is 5.97 Å². The second-order valence-electron chi connectivity index (χ2n) is 6.12. The van der Waals surface area contributed by atoms with Gasteiger partial charge in [-0.25, -0.2) is 0 Å². The van der Waals surface area contributed by atoms with E-state index in [4.69, 9.17) is 5.11 Å². The number of hydrogen-bond acceptors (Lipinski definition) is 3. The lowest BCUT2D eigenvalue weighted by Crippen LogP contribution is -2.53. The summed E-state index contributed by atoms with van der Waals surface area (Å²) in [5.41, 5.74) is -0.0389. The van der Waals surface area contributed by atoms with Gasteiger partial charge in [0, 0.05) is 37.2 Å². The van der Waals surface area contributed by atoms with Gasteiger partial charge >= 0.3 is 5.97 Å². The molecule has 120 valence electrons. The molecule has 5 nitrogen and oxygen atoms in total. The molecule has 1 aliphatic heterocycles. The molecule has 1 aliphatic rings. The summed E-state index contributed by atoms with van der Waals surface area (Å²) in [6.07, 6.45) is 1.67. The molecule has 1 saturated heterocycles. The Balaban J connectivity index is 0.000000541. The third-order valence-electron chi connectivity index (χ3n) is 3.48. The van der Waals surface area contributed by atoms with Gasteiger partial charge in [0.25, 0.3) is 5.56 Å². The van der Waals surface area contributed by atoms with Gasteiger partial charge in [-0.2, -0.15) is 0 Å². The molecule has 0 aromatic carbocycles. The van der Waals surface area contributed by atoms with Gasteiger partial charge in [-0.05, 0) is 31.4 Å². The molecule has 22 heavy (non-hydrogen) atoms. The maximum Gasteiger partial charge on any atom is 0.554 e. The van der Waals surface area contributed by atoms with Crippen molar-refractivity contribution in [3.05, 3.63) is 34.2 Å². The molecule has 0 atom stereocenters. The van der Waals surface area contributed by atoms with Gasteiger partial charge < -0.3 is 14.6 Å². The van der Waals surface area contributed by atoms with Crippen LogP contribution < -0.4 is 5.56 Å². The molecular formula is C17H25N2O3+. The van der Waals surface area contributed by atoms with Gasteiger partial charge in [0.2, 0.25) is 0 Å². The van der Waals surface area contributed by atoms with Gasteiger partial charge in [-0.3, -0.25) is 4.79 Å². The zero-order valence-corrected chi connectivity index (χ0v) is 13.8. The Morgan fingerprint density at radius 2 is 1.86 bits per heavy atom. The molecule has 1 aromatic rings. The van der Waals surface area contributed by atoms with Crippen molar-refractivity contribution in [2.24, 2.45) is 5.41 Å². The Morgan fingerprint density at radius 1 is 1.27 bits per heavy atom. The van der Waals surface area contributed by atoms with Crippen LogP contribution in [0.1, 0.15) is 38.1 Å². The third-order valence-corrected chi connectivity index (χ3v) is 3.48. The van der Waals surface area contributed by atoms with Crippen LogP contribution in [0.15, 0.2) is 23.1 Å². The molecule has 2 rings (SSSR count). The lowest BCUT2D eigenvalue weighted by molar-refractivity contribution is 0.0283. The second-order valence-corrected chi connectivity index (χ2v) is 6.12. The predicted molar refractivity (Wildman–Crippen MR) is 88.0 cm³/mol. The van der Waals surface area contributed by atoms with E-state index >= 15 is 0 Å². The van der Waals surface area contributed by atoms with E-state index in [0.29, 0.717) is 12.0 Å². The fourth-order valence-corrected chi connectivity index (χ4v) is 2.46. The number of carbonyl (C=O) groups is 1. The van der Waals surface area contributed by atoms with E-state index in [9.17, 15) is 9.59 Å². The number of nitrogens with zero attached hydrogens (tertiary/aromatic N) is 2. The van der Waals surface area contributed by atoms with Crippen molar-refractivity contribution in [2.75, 3.05) is 19.6 Å². The smallest absolute Gasteiger partial charge is 0.554 e. The van der Waals surface area contributed by atoms with Crippen molar-refractivity contribution in [3.63, 3.8) is 0 Å². The number of rotatable bonds is 4. The van der Waals surface area contributed by atoms with Crippen LogP contribution in [0.2, 0.25) is 0 Å². The van der Waals surface area contributed by atoms with E-state index in [1.807, 2.05) is 13.8 Å². The lowest BCUT2D eigenvalue weighted by Gasteiger charge is -2.46. The highest BCUT2D eigenvalue weighted by atomic mass is 16.4. The molecule has 2 N–H and O–H groups in total. The van der Waals surface area contributed by atoms with Gasteiger partial charge in [-0.1, -0.05) is 13.8 Å². The Bertz CT molecular complexity index is 621. The molecule has 1 aromatic heterocycles. The van der Waals surface area contributed by atoms with Crippen LogP contribution in [0.25, 0.3) is 0 Å². The average Bonchev–Trinajstić information content (AvgIpc) is 2.44. The van der Waals surface area contributed by atoms with Crippen molar-refractivity contribution in [2.45, 2.75) is 34.2 Å². The quantitative estimate of drug-likeness (QED) is 0.618. The summed E-state index contributed by atoms with van der Waals surface area (Å²) in [7, 11) is 0. The molecule has 5 heteroatoms. The third kappa shape index (κ3) is 5.05. The predicted octanol–water partition coefficient (Wildman–Crippen LogP) is 1.08. The summed E-state index contributed by atoms with van der Waals surface area (Å²) in [5, 5.41) is 7.01. The van der Waals surface area contributed by atoms with Gasteiger partial charge in [-0.15, -0.1) is 11.8 Å². The lowest BCUT2D eigenvalue weighted by atomic mass is 9.84. The van der Waals surface area contributed by atoms with Gasteiger partial charge in [0.1, 0.15) is 0 Å². The first-order chi connectivity index (χ1) is 10.3. The summed E-state index contributed by atoms with van der Waals surface area (Å²) in [4.78, 5) is 25.1. The fraction of sp³-hybridized carbons (Fsp3) is 0.529. The Labute approximate surface area is 131 Å². The first-order valence-corrected chi connectivity index (χ1v) is 7.32. The van der Waals surface area contributed by atoms with Crippen LogP contribution in [-0.2, 0) is 6.54 Å². The standard InChI is InChI=1S/C13H18N2O3.C4H6/c1-13(2)8-14(9-13)6-7-15-5-3-4-10(11(15)16)12(17)18;1-3-4-2/h3-5H,6-9H2,1-2H3,(H,17,18);1-2H3/p+1. The Hall–Kier alpha value is -2.06. The van der Waals surface area contributed by atoms with Crippen LogP contribution in [-0.4, -0.2) is 40.2 Å². The molecular weight excluding hydrogens is 280 g/mol. The minimum Gasteiger partial charge on any atom is -0.561 e. The van der Waals surface area contributed by atoms with Gasteiger partial charge in [0.15, 0.2) is 5.56 Å². The molecule has 0 aliphatic carbocycles. The van der Waals surface area contributed by atoms with E-state index < -0.39 is 5.97 Å². The summed E-state index contributed by atoms with van der Waals surface area (Å²) in [6, 6.07) is 3.05. The van der Waals surface area contributed by atoms with E-state index in [-0.39, 0.29) is 11.1 Å². The number of pyridine rings is 1. The highest BCUT2D eigenvalue weighted by Gasteiger charge is 2.33. The number of hydrogen-bond donors (Lipinski definition) is 0. The largest absolute Gasteiger partial charge is 0.561 e. The number of carbonyl (C=O) groups excluding carboxylic acids is 1. The maximum absolute atomic E-state index is 11.9. The SMILES string of the molecule is CC#CC.CC1(C)CN(CCn2cccc(C(=O)[OH2+])c2=O)C1. The summed E-state index contributed by atoms with van der Waals surface area (Å²) < 4.78 is 1.51. The second kappa shape index (κ2) is 7.81. The molecule has 0 bridgehead atoms. The summed E-state index contributed by atoms with van der Waals surface area (Å²) >= 11 is 0. The van der Waals surface area contributed by atoms with Crippen molar-refractivity contribution in [3.8, 4) is 11.8 Å². The summed E-state index contributed by atoms with van der Waals surface area (Å²) in [5.74, 6) is 4.44. The number of aromatic nitrogens is 1. The van der Waals surface area contributed by atoms with Crippen LogP contribution in [0.5, 0.6) is 0 Å². The first kappa shape index (κ1) is 18.0. The monoisotopic (exact) mass is 305 g/mol. The molecule has 0 radical (unpaired) electrons. The highest BCUT2D eigenvalue weighted by molar-refractivity contribution is 5.86. The molecule has 1 fully saturated rings. The topological polar surface area (TPSA) is 65.2 Å². The first-order valence-electron chi connectivity index (χ1n) is 7.32. The molecule has 2 heterocycles. The fourth-order valence-electron chi connectivity index (χ4n) is 2.46. The molecule has 0 amide bonds. The number of likely N-dealkylation sites (tertiary alicyclic amines) is 1. The van der Waals surface area contributed by atoms with Crippen LogP contribution in [0.4, 0.5) is 0 Å². The zero-order chi connectivity index (χ0) is 16.8. The van der Waals surface area contributed by atoms with E-state index in [1.54, 1.807) is 12.3 Å². The Kier molecular flexibility index (Phi) is 6.39. The van der Waals surface area contributed by atoms with Crippen LogP contribution in [0.3, 0.4) is 0 Å². The van der Waals surface area contributed by atoms with Gasteiger partial charge in [0.05, 0.1) is 0 Å². The van der Waals surface area contributed by atoms with Crippen molar-refractivity contribution < 1.29 is 9.90 Å². The van der Waals surface area contributed by atoms with Crippen molar-refractivity contribution in [1.29, 1.82) is 0 Å². The summed E-state index contributed by atoms with van der Waals surface area (Å²) in [6.45, 7) is 11.5. The van der Waals surface area contributed by atoms with E-state index in [2.05, 4.69) is 30.6 Å². The average molecular weight is 305 g/mol. The highest BCUT2D eigenvalue weighted by Crippen LogP contribution is 2.27. The maximum atomic E-state index is 11.9. The molecule has 0 saturated carbocycles. The van der Waals surface area contributed by atoms with E-state index in [1.165, 1.54) is 10.6 Å². The van der Waals surface area contributed by atoms with E-state index in [0.717, 1.165) is 19.6 Å². The Morgan fingerprint density at radius 3 is 2.32 bits per heavy atom. The van der Waals surface area contributed by atoms with Crippen LogP contribution in [0, 0.1) is 17.3 Å². The van der Waals surface area contributed by atoms with Crippen molar-refractivity contribution in [1.82, 2.24) is 9.47 Å². The molecule has 0 spiro atoms. The minimum atomic E-state index is -0.917. The van der Waals surface area contributed by atoms with Crippen LogP contribution >= 0.6 is 0 Å². The minimum absolute atomic E-state index is 0.0542. The molecule has 0 unspecified atom stereocenters.